The molecule has 7 heteroatoms. The Labute approximate surface area is 175 Å². The van der Waals surface area contributed by atoms with E-state index in [2.05, 4.69) is 0 Å². The van der Waals surface area contributed by atoms with Gasteiger partial charge in [-0.2, -0.15) is 0 Å². The molecule has 1 aliphatic rings. The van der Waals surface area contributed by atoms with Crippen LogP contribution in [0.1, 0.15) is 74.1 Å². The van der Waals surface area contributed by atoms with Crippen molar-refractivity contribution in [1.82, 2.24) is 0 Å². The zero-order valence-corrected chi connectivity index (χ0v) is 17.7. The molecule has 1 aromatic rings. The lowest BCUT2D eigenvalue weighted by Gasteiger charge is -2.27. The minimum Gasteiger partial charge on any atom is -0.507 e. The van der Waals surface area contributed by atoms with Gasteiger partial charge < -0.3 is 20.1 Å². The van der Waals surface area contributed by atoms with Crippen LogP contribution in [0.4, 0.5) is 0 Å². The summed E-state index contributed by atoms with van der Waals surface area (Å²) in [7, 11) is 0. The predicted molar refractivity (Wildman–Crippen MR) is 111 cm³/mol. The maximum Gasteiger partial charge on any atom is 0.309 e. The number of ketones is 2. The Morgan fingerprint density at radius 3 is 2.20 bits per heavy atom. The summed E-state index contributed by atoms with van der Waals surface area (Å²) in [6, 6.07) is 2.26. The smallest absolute Gasteiger partial charge is 0.309 e. The molecule has 0 spiro atoms. The highest BCUT2D eigenvalue weighted by molar-refractivity contribution is 6.27. The molecule has 1 aromatic carbocycles. The molecular weight excluding hydrogens is 388 g/mol. The van der Waals surface area contributed by atoms with Crippen molar-refractivity contribution < 1.29 is 34.4 Å². The quantitative estimate of drug-likeness (QED) is 0.336. The average molecular weight is 416 g/mol. The van der Waals surface area contributed by atoms with Crippen LogP contribution in [0.2, 0.25) is 0 Å². The van der Waals surface area contributed by atoms with E-state index in [4.69, 9.17) is 4.74 Å². The minimum absolute atomic E-state index is 0.0872. The molecule has 0 aromatic heterocycles. The van der Waals surface area contributed by atoms with Gasteiger partial charge in [0.15, 0.2) is 11.6 Å². The summed E-state index contributed by atoms with van der Waals surface area (Å²) >= 11 is 0. The maximum absolute atomic E-state index is 13.0. The summed E-state index contributed by atoms with van der Waals surface area (Å²) in [5, 5.41) is 30.5. The summed E-state index contributed by atoms with van der Waals surface area (Å²) in [6.07, 6.45) is 2.34. The number of ether oxygens (including phenoxy) is 1. The third kappa shape index (κ3) is 4.97. The van der Waals surface area contributed by atoms with Gasteiger partial charge in [0.2, 0.25) is 0 Å². The number of aromatic hydroxyl groups is 2. The topological polar surface area (TPSA) is 121 Å². The van der Waals surface area contributed by atoms with Gasteiger partial charge in [-0.3, -0.25) is 14.4 Å². The van der Waals surface area contributed by atoms with Crippen LogP contribution < -0.4 is 0 Å². The van der Waals surface area contributed by atoms with E-state index in [1.54, 1.807) is 19.9 Å². The Balaban J connectivity index is 2.41. The molecule has 0 fully saturated rings. The van der Waals surface area contributed by atoms with Crippen molar-refractivity contribution in [2.75, 3.05) is 0 Å². The summed E-state index contributed by atoms with van der Waals surface area (Å²) in [4.78, 5) is 38.1. The lowest BCUT2D eigenvalue weighted by Crippen LogP contribution is -2.34. The molecule has 1 aliphatic carbocycles. The van der Waals surface area contributed by atoms with E-state index in [0.29, 0.717) is 12.8 Å². The number of carbonyl (C=O) groups excluding carboxylic acids is 3. The zero-order valence-electron chi connectivity index (χ0n) is 17.7. The lowest BCUT2D eigenvalue weighted by atomic mass is 9.85. The van der Waals surface area contributed by atoms with E-state index < -0.39 is 40.7 Å². The van der Waals surface area contributed by atoms with Crippen LogP contribution in [0.15, 0.2) is 35.4 Å². The number of Topliss-reactive ketones (excluding diaryl/α,β-unsaturated/α-hetero) is 1. The predicted octanol–water partition coefficient (Wildman–Crippen LogP) is 3.61. The third-order valence-electron chi connectivity index (χ3n) is 5.33. The first-order valence-electron chi connectivity index (χ1n) is 9.93. The maximum atomic E-state index is 13.0. The van der Waals surface area contributed by atoms with Crippen molar-refractivity contribution in [3.8, 4) is 11.5 Å². The van der Waals surface area contributed by atoms with Gasteiger partial charge in [0.1, 0.15) is 17.6 Å². The van der Waals surface area contributed by atoms with Crippen molar-refractivity contribution in [3.05, 3.63) is 46.6 Å². The van der Waals surface area contributed by atoms with E-state index in [1.165, 1.54) is 0 Å². The number of fused-ring (bicyclic) bond motifs is 1. The fourth-order valence-electron chi connectivity index (χ4n) is 3.27. The van der Waals surface area contributed by atoms with Crippen LogP contribution >= 0.6 is 0 Å². The molecule has 1 atom stereocenters. The molecule has 0 radical (unpaired) electrons. The average Bonchev–Trinajstić information content (AvgIpc) is 2.69. The number of aliphatic hydroxyl groups is 1. The number of rotatable bonds is 8. The fraction of sp³-hybridized carbons (Fsp3) is 0.435. The number of hydrogen-bond acceptors (Lipinski definition) is 7. The highest BCUT2D eigenvalue weighted by atomic mass is 16.5. The number of esters is 1. The highest BCUT2D eigenvalue weighted by Crippen LogP contribution is 2.36. The summed E-state index contributed by atoms with van der Waals surface area (Å²) in [5.74, 6) is -2.90. The number of benzene rings is 1. The Morgan fingerprint density at radius 1 is 1.10 bits per heavy atom. The Hall–Kier alpha value is -2.93. The molecule has 0 aliphatic heterocycles. The summed E-state index contributed by atoms with van der Waals surface area (Å²) < 4.78 is 5.51. The summed E-state index contributed by atoms with van der Waals surface area (Å²) in [6.45, 7) is 7.20. The molecule has 30 heavy (non-hydrogen) atoms. The van der Waals surface area contributed by atoms with Gasteiger partial charge in [0, 0.05) is 12.0 Å². The van der Waals surface area contributed by atoms with Crippen LogP contribution in [0.5, 0.6) is 11.5 Å². The van der Waals surface area contributed by atoms with Crippen LogP contribution in [-0.4, -0.2) is 44.6 Å². The largest absolute Gasteiger partial charge is 0.507 e. The zero-order chi connectivity index (χ0) is 22.6. The van der Waals surface area contributed by atoms with Crippen molar-refractivity contribution >= 4 is 17.5 Å². The molecule has 3 N–H and O–H groups in total. The number of carbonyl (C=O) groups is 3. The number of phenolic OH excluding ortho intramolecular Hbond substituents is 2. The molecule has 0 bridgehead atoms. The molecule has 0 saturated heterocycles. The second kappa shape index (κ2) is 9.26. The highest BCUT2D eigenvalue weighted by Gasteiger charge is 2.36. The molecular formula is C23H28O7. The number of hydrogen-bond donors (Lipinski definition) is 3. The van der Waals surface area contributed by atoms with Crippen molar-refractivity contribution in [2.45, 2.75) is 65.1 Å². The van der Waals surface area contributed by atoms with Gasteiger partial charge in [-0.05, 0) is 44.9 Å². The molecule has 162 valence electrons. The van der Waals surface area contributed by atoms with Gasteiger partial charge in [0.25, 0.3) is 0 Å². The Morgan fingerprint density at radius 2 is 1.67 bits per heavy atom. The SMILES string of the molecule is CCC(O)(CC)CC(=O)O[C@H](CC=C(C)C)C1=CC(=O)c2c(O)ccc(O)c2C1=O. The second-order valence-corrected chi connectivity index (χ2v) is 7.75. The standard InChI is InChI=1S/C23H28O7/c1-5-23(29,6-2)12-19(27)30-18(10-7-13(3)4)14-11-17(26)20-15(24)8-9-16(25)21(20)22(14)28/h7-9,11,18,24-25,29H,5-6,10,12H2,1-4H3/t18-/m1/s1. The molecule has 2 rings (SSSR count). The van der Waals surface area contributed by atoms with Gasteiger partial charge in [-0.1, -0.05) is 25.5 Å². The first-order chi connectivity index (χ1) is 14.0. The fourth-order valence-corrected chi connectivity index (χ4v) is 3.27. The van der Waals surface area contributed by atoms with Gasteiger partial charge in [-0.15, -0.1) is 0 Å². The van der Waals surface area contributed by atoms with E-state index >= 15 is 0 Å². The first kappa shape index (κ1) is 23.3. The second-order valence-electron chi connectivity index (χ2n) is 7.75. The van der Waals surface area contributed by atoms with Gasteiger partial charge in [-0.25, -0.2) is 0 Å². The van der Waals surface area contributed by atoms with Gasteiger partial charge in [0.05, 0.1) is 23.1 Å². The van der Waals surface area contributed by atoms with Crippen molar-refractivity contribution in [1.29, 1.82) is 0 Å². The monoisotopic (exact) mass is 416 g/mol. The van der Waals surface area contributed by atoms with Crippen LogP contribution in [-0.2, 0) is 9.53 Å². The molecule has 0 heterocycles. The first-order valence-corrected chi connectivity index (χ1v) is 9.93. The van der Waals surface area contributed by atoms with Crippen LogP contribution in [0, 0.1) is 0 Å². The number of allylic oxidation sites excluding steroid dienone is 2. The van der Waals surface area contributed by atoms with Crippen LogP contribution in [0.25, 0.3) is 0 Å². The molecule has 0 unspecified atom stereocenters. The molecule has 7 nitrogen and oxygen atoms in total. The van der Waals surface area contributed by atoms with Crippen molar-refractivity contribution in [3.63, 3.8) is 0 Å². The Kier molecular flexibility index (Phi) is 7.21. The van der Waals surface area contributed by atoms with E-state index in [0.717, 1.165) is 23.8 Å². The van der Waals surface area contributed by atoms with Gasteiger partial charge >= 0.3 is 5.97 Å². The van der Waals surface area contributed by atoms with E-state index in [1.807, 2.05) is 13.8 Å². The lowest BCUT2D eigenvalue weighted by molar-refractivity contribution is -0.153. The van der Waals surface area contributed by atoms with Crippen molar-refractivity contribution in [2.24, 2.45) is 0 Å². The van der Waals surface area contributed by atoms with E-state index in [9.17, 15) is 29.7 Å². The normalized spacial score (nSPS) is 14.6. The van der Waals surface area contributed by atoms with Crippen LogP contribution in [0.3, 0.4) is 0 Å². The summed E-state index contributed by atoms with van der Waals surface area (Å²) in [5.41, 5.74) is -0.964. The molecule has 0 amide bonds. The van der Waals surface area contributed by atoms with E-state index in [-0.39, 0.29) is 29.5 Å². The Bertz CT molecular complexity index is 916. The molecule has 0 saturated carbocycles. The third-order valence-corrected chi connectivity index (χ3v) is 5.33. The number of phenols is 2. The minimum atomic E-state index is -1.21.